The Morgan fingerprint density at radius 2 is 1.73 bits per heavy atom. The number of ether oxygens (including phenoxy) is 2. The van der Waals surface area contributed by atoms with Crippen LogP contribution in [0.25, 0.3) is 0 Å². The van der Waals surface area contributed by atoms with Crippen LogP contribution in [0.4, 0.5) is 0 Å². The largest absolute Gasteiger partial charge is 0.462 e. The van der Waals surface area contributed by atoms with E-state index in [9.17, 15) is 9.59 Å². The first-order chi connectivity index (χ1) is 13.9. The topological polar surface area (TPSA) is 108 Å². The fourth-order valence-corrected chi connectivity index (χ4v) is 3.82. The van der Waals surface area contributed by atoms with Gasteiger partial charge in [0.1, 0.15) is 12.7 Å². The Morgan fingerprint density at radius 1 is 1.10 bits per heavy atom. The summed E-state index contributed by atoms with van der Waals surface area (Å²) in [5.41, 5.74) is 11.1. The molecule has 30 heavy (non-hydrogen) atoms. The Morgan fingerprint density at radius 3 is 2.27 bits per heavy atom. The van der Waals surface area contributed by atoms with Gasteiger partial charge < -0.3 is 25.8 Å². The first-order valence-electron chi connectivity index (χ1n) is 11.0. The number of hydrogen-bond acceptors (Lipinski definition) is 7. The lowest BCUT2D eigenvalue weighted by molar-refractivity contribution is -0.155. The smallest absolute Gasteiger partial charge is 0.320 e. The maximum Gasteiger partial charge on any atom is 0.320 e. The third-order valence-electron chi connectivity index (χ3n) is 4.99. The van der Waals surface area contributed by atoms with Crippen LogP contribution in [0.15, 0.2) is 12.2 Å². The molecular formula is C23H45N3O4. The highest BCUT2D eigenvalue weighted by Gasteiger charge is 2.31. The molecule has 0 aromatic rings. The quantitative estimate of drug-likeness (QED) is 0.305. The summed E-state index contributed by atoms with van der Waals surface area (Å²) in [5, 5.41) is 0. The molecular weight excluding hydrogens is 382 g/mol. The van der Waals surface area contributed by atoms with E-state index in [1.165, 1.54) is 0 Å². The molecule has 0 rings (SSSR count). The molecule has 0 saturated carbocycles. The van der Waals surface area contributed by atoms with E-state index in [0.717, 1.165) is 19.4 Å². The lowest BCUT2D eigenvalue weighted by Crippen LogP contribution is -2.41. The standard InChI is InChI=1S/C23H45N3O4/c1-17(2)14-18(3)22(30-20(27)10-8-12-26(6)7)19(4)15-23(5,25)11-9-13-29-21(28)16-24/h9,11,17-19,22H,8,10,12-16,24-25H2,1-7H3/b11-9-. The second kappa shape index (κ2) is 14.5. The molecule has 0 aliphatic rings. The van der Waals surface area contributed by atoms with E-state index in [2.05, 4.69) is 32.6 Å². The molecule has 0 aliphatic heterocycles. The highest BCUT2D eigenvalue weighted by atomic mass is 16.5. The van der Waals surface area contributed by atoms with Crippen LogP contribution in [0.3, 0.4) is 0 Å². The predicted octanol–water partition coefficient (Wildman–Crippen LogP) is 2.72. The third kappa shape index (κ3) is 13.7. The molecule has 4 N–H and O–H groups in total. The van der Waals surface area contributed by atoms with E-state index in [4.69, 9.17) is 20.9 Å². The van der Waals surface area contributed by atoms with Gasteiger partial charge in [-0.1, -0.05) is 33.8 Å². The Labute approximate surface area is 183 Å². The summed E-state index contributed by atoms with van der Waals surface area (Å²) >= 11 is 0. The summed E-state index contributed by atoms with van der Waals surface area (Å²) < 4.78 is 10.9. The Hall–Kier alpha value is -1.44. The second-order valence-electron chi connectivity index (χ2n) is 9.44. The summed E-state index contributed by atoms with van der Waals surface area (Å²) in [6.45, 7) is 11.4. The predicted molar refractivity (Wildman–Crippen MR) is 122 cm³/mol. The molecule has 0 radical (unpaired) electrons. The van der Waals surface area contributed by atoms with Crippen molar-refractivity contribution in [3.05, 3.63) is 12.2 Å². The summed E-state index contributed by atoms with van der Waals surface area (Å²) in [4.78, 5) is 25.6. The lowest BCUT2D eigenvalue weighted by atomic mass is 9.80. The number of hydrogen-bond donors (Lipinski definition) is 2. The normalized spacial score (nSPS) is 17.0. The van der Waals surface area contributed by atoms with Crippen LogP contribution in [-0.2, 0) is 19.1 Å². The zero-order valence-corrected chi connectivity index (χ0v) is 20.1. The van der Waals surface area contributed by atoms with Crippen molar-refractivity contribution >= 4 is 11.9 Å². The van der Waals surface area contributed by atoms with Gasteiger partial charge in [0.05, 0.1) is 6.54 Å². The average molecular weight is 428 g/mol. The Bertz CT molecular complexity index is 533. The summed E-state index contributed by atoms with van der Waals surface area (Å²) in [6, 6.07) is 0. The fraction of sp³-hybridized carbons (Fsp3) is 0.826. The molecule has 4 atom stereocenters. The van der Waals surface area contributed by atoms with Gasteiger partial charge >= 0.3 is 11.9 Å². The second-order valence-corrected chi connectivity index (χ2v) is 9.44. The molecule has 0 fully saturated rings. The van der Waals surface area contributed by atoms with Crippen molar-refractivity contribution in [2.75, 3.05) is 33.8 Å². The SMILES string of the molecule is CC(C)CC(C)C(OC(=O)CCCN(C)C)C(C)CC(C)(N)/C=C\COC(=O)CN. The first kappa shape index (κ1) is 28.6. The van der Waals surface area contributed by atoms with Crippen LogP contribution in [0.1, 0.15) is 60.3 Å². The molecule has 0 bridgehead atoms. The molecule has 0 aliphatic carbocycles. The van der Waals surface area contributed by atoms with Crippen molar-refractivity contribution in [1.29, 1.82) is 0 Å². The van der Waals surface area contributed by atoms with Gasteiger partial charge in [-0.3, -0.25) is 9.59 Å². The van der Waals surface area contributed by atoms with E-state index < -0.39 is 11.5 Å². The molecule has 4 unspecified atom stereocenters. The zero-order valence-electron chi connectivity index (χ0n) is 20.1. The summed E-state index contributed by atoms with van der Waals surface area (Å²) in [7, 11) is 3.99. The van der Waals surface area contributed by atoms with E-state index in [-0.39, 0.29) is 37.1 Å². The van der Waals surface area contributed by atoms with Crippen LogP contribution >= 0.6 is 0 Å². The number of esters is 2. The number of carbonyl (C=O) groups is 2. The summed E-state index contributed by atoms with van der Waals surface area (Å²) in [5.74, 6) is 0.247. The minimum Gasteiger partial charge on any atom is -0.462 e. The van der Waals surface area contributed by atoms with E-state index in [0.29, 0.717) is 18.8 Å². The number of carbonyl (C=O) groups excluding carboxylic acids is 2. The van der Waals surface area contributed by atoms with E-state index in [1.807, 2.05) is 27.1 Å². The van der Waals surface area contributed by atoms with Crippen molar-refractivity contribution in [2.24, 2.45) is 29.2 Å². The van der Waals surface area contributed by atoms with Gasteiger partial charge in [0.2, 0.25) is 0 Å². The van der Waals surface area contributed by atoms with Gasteiger partial charge in [0.15, 0.2) is 0 Å². The molecule has 0 heterocycles. The van der Waals surface area contributed by atoms with Gasteiger partial charge in [-0.15, -0.1) is 0 Å². The van der Waals surface area contributed by atoms with Crippen LogP contribution in [0.2, 0.25) is 0 Å². The van der Waals surface area contributed by atoms with Crippen molar-refractivity contribution in [3.63, 3.8) is 0 Å². The van der Waals surface area contributed by atoms with Crippen LogP contribution in [0, 0.1) is 17.8 Å². The van der Waals surface area contributed by atoms with Gasteiger partial charge in [-0.25, -0.2) is 0 Å². The lowest BCUT2D eigenvalue weighted by Gasteiger charge is -2.34. The van der Waals surface area contributed by atoms with Crippen molar-refractivity contribution in [2.45, 2.75) is 71.9 Å². The Kier molecular flexibility index (Phi) is 13.8. The highest BCUT2D eigenvalue weighted by molar-refractivity contribution is 5.71. The Balaban J connectivity index is 4.99. The third-order valence-corrected chi connectivity index (χ3v) is 4.99. The van der Waals surface area contributed by atoms with Crippen LogP contribution < -0.4 is 11.5 Å². The molecule has 7 nitrogen and oxygen atoms in total. The number of nitrogens with two attached hydrogens (primary N) is 2. The number of rotatable bonds is 15. The molecule has 0 saturated heterocycles. The molecule has 0 spiro atoms. The molecule has 0 aromatic carbocycles. The van der Waals surface area contributed by atoms with E-state index >= 15 is 0 Å². The van der Waals surface area contributed by atoms with Crippen LogP contribution in [0.5, 0.6) is 0 Å². The van der Waals surface area contributed by atoms with Crippen LogP contribution in [-0.4, -0.2) is 62.3 Å². The van der Waals surface area contributed by atoms with Gasteiger partial charge in [0.25, 0.3) is 0 Å². The first-order valence-corrected chi connectivity index (χ1v) is 11.0. The monoisotopic (exact) mass is 427 g/mol. The molecule has 176 valence electrons. The fourth-order valence-electron chi connectivity index (χ4n) is 3.82. The molecule has 0 amide bonds. The average Bonchev–Trinajstić information content (AvgIpc) is 2.61. The minimum atomic E-state index is -0.609. The summed E-state index contributed by atoms with van der Waals surface area (Å²) in [6.07, 6.45) is 6.21. The van der Waals surface area contributed by atoms with Crippen molar-refractivity contribution < 1.29 is 19.1 Å². The number of nitrogens with zero attached hydrogens (tertiary/aromatic N) is 1. The van der Waals surface area contributed by atoms with Gasteiger partial charge in [0, 0.05) is 12.0 Å². The maximum absolute atomic E-state index is 12.5. The van der Waals surface area contributed by atoms with Crippen molar-refractivity contribution in [3.8, 4) is 0 Å². The molecule has 0 aromatic heterocycles. The van der Waals surface area contributed by atoms with E-state index in [1.54, 1.807) is 6.08 Å². The van der Waals surface area contributed by atoms with Gasteiger partial charge in [-0.05, 0) is 70.7 Å². The highest BCUT2D eigenvalue weighted by Crippen LogP contribution is 2.29. The van der Waals surface area contributed by atoms with Crippen molar-refractivity contribution in [1.82, 2.24) is 4.90 Å². The van der Waals surface area contributed by atoms with Gasteiger partial charge in [-0.2, -0.15) is 0 Å². The minimum absolute atomic E-state index is 0.0859. The molecule has 7 heteroatoms. The maximum atomic E-state index is 12.5. The zero-order chi connectivity index (χ0) is 23.3.